The maximum absolute atomic E-state index is 4.20. The van der Waals surface area contributed by atoms with E-state index in [-0.39, 0.29) is 0 Å². The normalized spacial score (nSPS) is 22.4. The van der Waals surface area contributed by atoms with Crippen molar-refractivity contribution >= 4 is 12.6 Å². The van der Waals surface area contributed by atoms with Gasteiger partial charge in [-0.3, -0.25) is 0 Å². The molecule has 0 bridgehead atoms. The van der Waals surface area contributed by atoms with Gasteiger partial charge in [-0.25, -0.2) is 0 Å². The van der Waals surface area contributed by atoms with E-state index in [0.29, 0.717) is 0 Å². The number of thiol groups is 1. The number of likely N-dealkylation sites (N-methyl/N-ethyl adjacent to an activating group) is 1. The monoisotopic (exact) mass is 174 g/mol. The molecular weight excluding hydrogens is 156 g/mol. The molecule has 0 saturated carbocycles. The SMILES string of the molecule is CN1CCN(CCCS)CC1. The molecule has 0 aliphatic carbocycles. The van der Waals surface area contributed by atoms with Crippen molar-refractivity contribution in [3.05, 3.63) is 0 Å². The van der Waals surface area contributed by atoms with E-state index in [1.54, 1.807) is 0 Å². The summed E-state index contributed by atoms with van der Waals surface area (Å²) in [5, 5.41) is 0. The first-order chi connectivity index (χ1) is 5.33. The van der Waals surface area contributed by atoms with Gasteiger partial charge in [-0.2, -0.15) is 12.6 Å². The molecule has 0 aromatic rings. The Bertz CT molecular complexity index is 97.5. The first-order valence-corrected chi connectivity index (χ1v) is 4.98. The molecule has 2 nitrogen and oxygen atoms in total. The summed E-state index contributed by atoms with van der Waals surface area (Å²) in [6.07, 6.45) is 1.23. The molecule has 11 heavy (non-hydrogen) atoms. The van der Waals surface area contributed by atoms with Crippen molar-refractivity contribution in [3.63, 3.8) is 0 Å². The van der Waals surface area contributed by atoms with Crippen molar-refractivity contribution in [1.82, 2.24) is 9.80 Å². The van der Waals surface area contributed by atoms with Crippen molar-refractivity contribution in [2.24, 2.45) is 0 Å². The fourth-order valence-electron chi connectivity index (χ4n) is 1.37. The highest BCUT2D eigenvalue weighted by atomic mass is 32.1. The van der Waals surface area contributed by atoms with Crippen LogP contribution in [0, 0.1) is 0 Å². The molecule has 0 atom stereocenters. The highest BCUT2D eigenvalue weighted by Crippen LogP contribution is 1.99. The Balaban J connectivity index is 2.07. The van der Waals surface area contributed by atoms with E-state index in [4.69, 9.17) is 0 Å². The summed E-state index contributed by atoms with van der Waals surface area (Å²) in [6, 6.07) is 0. The average Bonchev–Trinajstić information content (AvgIpc) is 2.04. The molecule has 1 saturated heterocycles. The largest absolute Gasteiger partial charge is 0.304 e. The zero-order chi connectivity index (χ0) is 8.10. The van der Waals surface area contributed by atoms with Gasteiger partial charge in [0.25, 0.3) is 0 Å². The van der Waals surface area contributed by atoms with Crippen molar-refractivity contribution < 1.29 is 0 Å². The molecule has 1 fully saturated rings. The van der Waals surface area contributed by atoms with E-state index in [1.165, 1.54) is 39.1 Å². The lowest BCUT2D eigenvalue weighted by Gasteiger charge is -2.32. The zero-order valence-electron chi connectivity index (χ0n) is 7.29. The molecule has 0 aromatic heterocycles. The Morgan fingerprint density at radius 1 is 1.18 bits per heavy atom. The van der Waals surface area contributed by atoms with E-state index in [0.717, 1.165) is 5.75 Å². The molecule has 1 heterocycles. The first kappa shape index (κ1) is 9.36. The molecule has 66 valence electrons. The van der Waals surface area contributed by atoms with Gasteiger partial charge in [-0.05, 0) is 25.8 Å². The lowest BCUT2D eigenvalue weighted by Crippen LogP contribution is -2.44. The second-order valence-electron chi connectivity index (χ2n) is 3.22. The van der Waals surface area contributed by atoms with Gasteiger partial charge in [-0.1, -0.05) is 0 Å². The Hall–Kier alpha value is 0.270. The van der Waals surface area contributed by atoms with Crippen LogP contribution in [0.15, 0.2) is 0 Å². The molecule has 1 rings (SSSR count). The van der Waals surface area contributed by atoms with Gasteiger partial charge in [0.15, 0.2) is 0 Å². The zero-order valence-corrected chi connectivity index (χ0v) is 8.19. The second-order valence-corrected chi connectivity index (χ2v) is 3.67. The van der Waals surface area contributed by atoms with Crippen molar-refractivity contribution in [2.75, 3.05) is 45.5 Å². The van der Waals surface area contributed by atoms with E-state index < -0.39 is 0 Å². The highest BCUT2D eigenvalue weighted by molar-refractivity contribution is 7.80. The second kappa shape index (κ2) is 5.01. The molecule has 1 aliphatic heterocycles. The Labute approximate surface area is 75.0 Å². The van der Waals surface area contributed by atoms with Crippen LogP contribution >= 0.6 is 12.6 Å². The minimum absolute atomic E-state index is 1.02. The fourth-order valence-corrected chi connectivity index (χ4v) is 1.51. The molecule has 3 heteroatoms. The number of rotatable bonds is 3. The molecule has 0 spiro atoms. The van der Waals surface area contributed by atoms with Gasteiger partial charge in [0.1, 0.15) is 0 Å². The highest BCUT2D eigenvalue weighted by Gasteiger charge is 2.11. The van der Waals surface area contributed by atoms with Gasteiger partial charge in [-0.15, -0.1) is 0 Å². The van der Waals surface area contributed by atoms with Crippen LogP contribution in [0.2, 0.25) is 0 Å². The van der Waals surface area contributed by atoms with E-state index >= 15 is 0 Å². The van der Waals surface area contributed by atoms with Gasteiger partial charge in [0, 0.05) is 26.2 Å². The standard InChI is InChI=1S/C8H18N2S/c1-9-4-6-10(7-5-9)3-2-8-11/h11H,2-8H2,1H3. The third kappa shape index (κ3) is 3.45. The van der Waals surface area contributed by atoms with Crippen LogP contribution in [0.3, 0.4) is 0 Å². The molecule has 0 N–H and O–H groups in total. The summed E-state index contributed by atoms with van der Waals surface area (Å²) in [5.41, 5.74) is 0. The quantitative estimate of drug-likeness (QED) is 0.624. The third-order valence-corrected chi connectivity index (χ3v) is 2.54. The van der Waals surface area contributed by atoms with Crippen LogP contribution < -0.4 is 0 Å². The lowest BCUT2D eigenvalue weighted by molar-refractivity contribution is 0.155. The maximum atomic E-state index is 4.20. The summed E-state index contributed by atoms with van der Waals surface area (Å²) in [4.78, 5) is 4.91. The summed E-state index contributed by atoms with van der Waals surface area (Å²) >= 11 is 4.20. The average molecular weight is 174 g/mol. The van der Waals surface area contributed by atoms with Crippen LogP contribution in [0.5, 0.6) is 0 Å². The number of nitrogens with zero attached hydrogens (tertiary/aromatic N) is 2. The van der Waals surface area contributed by atoms with Crippen LogP contribution in [0.25, 0.3) is 0 Å². The molecular formula is C8H18N2S. The van der Waals surface area contributed by atoms with Crippen molar-refractivity contribution in [2.45, 2.75) is 6.42 Å². The van der Waals surface area contributed by atoms with Crippen LogP contribution in [-0.4, -0.2) is 55.3 Å². The first-order valence-electron chi connectivity index (χ1n) is 4.34. The summed E-state index contributed by atoms with van der Waals surface area (Å²) in [6.45, 7) is 6.17. The smallest absolute Gasteiger partial charge is 0.0110 e. The summed E-state index contributed by atoms with van der Waals surface area (Å²) < 4.78 is 0. The molecule has 0 amide bonds. The minimum Gasteiger partial charge on any atom is -0.304 e. The molecule has 0 radical (unpaired) electrons. The van der Waals surface area contributed by atoms with Crippen LogP contribution in [0.1, 0.15) is 6.42 Å². The van der Waals surface area contributed by atoms with Crippen molar-refractivity contribution in [3.8, 4) is 0 Å². The molecule has 1 aliphatic rings. The van der Waals surface area contributed by atoms with Gasteiger partial charge < -0.3 is 9.80 Å². The Kier molecular flexibility index (Phi) is 4.26. The van der Waals surface area contributed by atoms with E-state index in [1.807, 2.05) is 0 Å². The Morgan fingerprint density at radius 3 is 2.36 bits per heavy atom. The summed E-state index contributed by atoms with van der Waals surface area (Å²) in [7, 11) is 2.19. The Morgan fingerprint density at radius 2 is 1.82 bits per heavy atom. The van der Waals surface area contributed by atoms with Crippen LogP contribution in [-0.2, 0) is 0 Å². The van der Waals surface area contributed by atoms with Gasteiger partial charge in [0.05, 0.1) is 0 Å². The maximum Gasteiger partial charge on any atom is 0.0110 e. The van der Waals surface area contributed by atoms with Crippen LogP contribution in [0.4, 0.5) is 0 Å². The summed E-state index contributed by atoms with van der Waals surface area (Å²) in [5.74, 6) is 1.02. The minimum atomic E-state index is 1.02. The predicted molar refractivity (Wildman–Crippen MR) is 52.4 cm³/mol. The molecule has 0 unspecified atom stereocenters. The lowest BCUT2D eigenvalue weighted by atomic mass is 10.3. The number of hydrogen-bond acceptors (Lipinski definition) is 3. The van der Waals surface area contributed by atoms with Gasteiger partial charge in [0.2, 0.25) is 0 Å². The fraction of sp³-hybridized carbons (Fsp3) is 1.00. The van der Waals surface area contributed by atoms with E-state index in [9.17, 15) is 0 Å². The van der Waals surface area contributed by atoms with Crippen molar-refractivity contribution in [1.29, 1.82) is 0 Å². The van der Waals surface area contributed by atoms with E-state index in [2.05, 4.69) is 29.5 Å². The molecule has 0 aromatic carbocycles. The topological polar surface area (TPSA) is 6.48 Å². The number of hydrogen-bond donors (Lipinski definition) is 1. The predicted octanol–water partition coefficient (Wildman–Crippen LogP) is 0.554. The van der Waals surface area contributed by atoms with Gasteiger partial charge >= 0.3 is 0 Å². The third-order valence-electron chi connectivity index (χ3n) is 2.23. The number of piperazine rings is 1.